The number of rotatable bonds is 6. The lowest BCUT2D eigenvalue weighted by Gasteiger charge is -2.44. The van der Waals surface area contributed by atoms with E-state index in [4.69, 9.17) is 14.9 Å². The molecule has 22 heavy (non-hydrogen) atoms. The number of aliphatic hydroxyl groups is 5. The van der Waals surface area contributed by atoms with Crippen molar-refractivity contribution >= 4 is 16.0 Å². The molecule has 0 bridgehead atoms. The van der Waals surface area contributed by atoms with Crippen molar-refractivity contribution in [1.82, 2.24) is 4.72 Å². The highest BCUT2D eigenvalue weighted by atomic mass is 32.2. The topological polar surface area (TPSA) is 194 Å². The van der Waals surface area contributed by atoms with Crippen LogP contribution in [0.1, 0.15) is 6.42 Å². The summed E-state index contributed by atoms with van der Waals surface area (Å²) in [7, 11) is -3.89. The van der Waals surface area contributed by atoms with Crippen molar-refractivity contribution in [3.05, 3.63) is 0 Å². The minimum atomic E-state index is -3.89. The lowest BCUT2D eigenvalue weighted by atomic mass is 9.89. The molecule has 6 atom stereocenters. The number of carboxylic acid groups (broad SMARTS) is 1. The van der Waals surface area contributed by atoms with Crippen molar-refractivity contribution in [2.24, 2.45) is 0 Å². The summed E-state index contributed by atoms with van der Waals surface area (Å²) >= 11 is 0. The van der Waals surface area contributed by atoms with Crippen molar-refractivity contribution in [3.8, 4) is 0 Å². The van der Waals surface area contributed by atoms with Gasteiger partial charge < -0.3 is 35.4 Å². The predicted octanol–water partition coefficient (Wildman–Crippen LogP) is -4.46. The van der Waals surface area contributed by atoms with E-state index < -0.39 is 65.3 Å². The highest BCUT2D eigenvalue weighted by Crippen LogP contribution is 2.30. The van der Waals surface area contributed by atoms with Crippen molar-refractivity contribution in [3.63, 3.8) is 0 Å². The van der Waals surface area contributed by atoms with E-state index in [-0.39, 0.29) is 0 Å². The summed E-state index contributed by atoms with van der Waals surface area (Å²) in [4.78, 5) is 11.0. The van der Waals surface area contributed by atoms with Gasteiger partial charge in [-0.2, -0.15) is 0 Å². The molecule has 0 aromatic rings. The van der Waals surface area contributed by atoms with E-state index in [9.17, 15) is 33.6 Å². The predicted molar refractivity (Wildman–Crippen MR) is 68.9 cm³/mol. The minimum Gasteiger partial charge on any atom is -0.477 e. The second kappa shape index (κ2) is 6.72. The average molecular weight is 345 g/mol. The largest absolute Gasteiger partial charge is 0.477 e. The molecule has 12 heteroatoms. The van der Waals surface area contributed by atoms with Gasteiger partial charge in [0.2, 0.25) is 10.0 Å². The Bertz CT molecular complexity index is 510. The van der Waals surface area contributed by atoms with Gasteiger partial charge in [0.05, 0.1) is 25.0 Å². The van der Waals surface area contributed by atoms with Crippen LogP contribution in [0, 0.1) is 0 Å². The second-order valence-corrected chi connectivity index (χ2v) is 6.88. The van der Waals surface area contributed by atoms with Gasteiger partial charge in [0.15, 0.2) is 0 Å². The van der Waals surface area contributed by atoms with Gasteiger partial charge in [0.25, 0.3) is 5.79 Å². The first-order chi connectivity index (χ1) is 9.91. The summed E-state index contributed by atoms with van der Waals surface area (Å²) < 4.78 is 29.3. The van der Waals surface area contributed by atoms with E-state index in [1.807, 2.05) is 4.72 Å². The van der Waals surface area contributed by atoms with Crippen molar-refractivity contribution < 1.29 is 48.6 Å². The molecule has 11 nitrogen and oxygen atoms in total. The molecule has 0 radical (unpaired) electrons. The summed E-state index contributed by atoms with van der Waals surface area (Å²) in [5.41, 5.74) is 0. The van der Waals surface area contributed by atoms with Crippen LogP contribution in [-0.4, -0.2) is 94.1 Å². The first-order valence-electron chi connectivity index (χ1n) is 6.17. The van der Waals surface area contributed by atoms with E-state index in [1.165, 1.54) is 0 Å². The van der Waals surface area contributed by atoms with Crippen LogP contribution < -0.4 is 4.72 Å². The maximum Gasteiger partial charge on any atom is 0.364 e. The van der Waals surface area contributed by atoms with E-state index >= 15 is 0 Å². The van der Waals surface area contributed by atoms with Crippen LogP contribution in [0.5, 0.6) is 0 Å². The number of carbonyl (C=O) groups is 1. The zero-order chi connectivity index (χ0) is 17.3. The Hall–Kier alpha value is -0.860. The Balaban J connectivity index is 3.16. The molecular formula is C10H19NO10S. The Morgan fingerprint density at radius 2 is 2.00 bits per heavy atom. The third-order valence-electron chi connectivity index (χ3n) is 3.19. The fourth-order valence-corrected chi connectivity index (χ4v) is 2.90. The molecule has 1 aliphatic heterocycles. The highest BCUT2D eigenvalue weighted by molar-refractivity contribution is 7.88. The number of carboxylic acids is 1. The normalized spacial score (nSPS) is 35.8. The zero-order valence-electron chi connectivity index (χ0n) is 11.5. The molecule has 0 amide bonds. The molecule has 1 rings (SSSR count). The molecule has 0 spiro atoms. The van der Waals surface area contributed by atoms with Crippen LogP contribution in [0.25, 0.3) is 0 Å². The summed E-state index contributed by atoms with van der Waals surface area (Å²) in [6.07, 6.45) is -7.43. The van der Waals surface area contributed by atoms with Crippen LogP contribution in [0.2, 0.25) is 0 Å². The number of sulfonamides is 1. The summed E-state index contributed by atoms with van der Waals surface area (Å²) in [6, 6.07) is -1.54. The van der Waals surface area contributed by atoms with Crippen LogP contribution in [-0.2, 0) is 19.6 Å². The highest BCUT2D eigenvalue weighted by Gasteiger charge is 2.54. The molecule has 0 saturated carbocycles. The fraction of sp³-hybridized carbons (Fsp3) is 0.900. The molecule has 1 aliphatic rings. The Morgan fingerprint density at radius 1 is 1.45 bits per heavy atom. The molecule has 1 fully saturated rings. The third kappa shape index (κ3) is 4.33. The molecule has 7 N–H and O–H groups in total. The van der Waals surface area contributed by atoms with Gasteiger partial charge in [0.1, 0.15) is 18.3 Å². The number of aliphatic carboxylic acids is 1. The lowest BCUT2D eigenvalue weighted by molar-refractivity contribution is -0.294. The van der Waals surface area contributed by atoms with E-state index in [2.05, 4.69) is 0 Å². The molecule has 130 valence electrons. The second-order valence-electron chi connectivity index (χ2n) is 5.10. The van der Waals surface area contributed by atoms with Crippen LogP contribution >= 0.6 is 0 Å². The molecule has 1 heterocycles. The summed E-state index contributed by atoms with van der Waals surface area (Å²) in [5.74, 6) is -4.74. The molecular weight excluding hydrogens is 326 g/mol. The van der Waals surface area contributed by atoms with Crippen molar-refractivity contribution in [1.29, 1.82) is 0 Å². The lowest BCUT2D eigenvalue weighted by Crippen LogP contribution is -2.67. The quantitative estimate of drug-likeness (QED) is 0.247. The Kier molecular flexibility index (Phi) is 5.86. The van der Waals surface area contributed by atoms with Gasteiger partial charge in [-0.15, -0.1) is 0 Å². The minimum absolute atomic E-state index is 0.754. The van der Waals surface area contributed by atoms with Gasteiger partial charge in [-0.25, -0.2) is 17.9 Å². The van der Waals surface area contributed by atoms with Crippen LogP contribution in [0.3, 0.4) is 0 Å². The van der Waals surface area contributed by atoms with Gasteiger partial charge >= 0.3 is 5.97 Å². The number of hydrogen-bond acceptors (Lipinski definition) is 9. The number of ether oxygens (including phenoxy) is 1. The number of nitrogens with one attached hydrogen (secondary N) is 1. The van der Waals surface area contributed by atoms with Gasteiger partial charge in [-0.05, 0) is 0 Å². The van der Waals surface area contributed by atoms with Gasteiger partial charge in [-0.1, -0.05) is 0 Å². The smallest absolute Gasteiger partial charge is 0.364 e. The Morgan fingerprint density at radius 3 is 2.41 bits per heavy atom. The van der Waals surface area contributed by atoms with Gasteiger partial charge in [-0.3, -0.25) is 0 Å². The summed E-state index contributed by atoms with van der Waals surface area (Å²) in [6.45, 7) is -0.936. The molecule has 1 saturated heterocycles. The summed E-state index contributed by atoms with van der Waals surface area (Å²) in [5, 5.41) is 56.7. The fourth-order valence-electron chi connectivity index (χ4n) is 2.12. The standard InChI is InChI=1S/C10H19NO10S/c1-22(19,20)11-6-4(13)2-10(18,9(16)17)21-8(6)7(15)5(14)3-12/h4-8,11-15,18H,2-3H2,1H3,(H,16,17)/t4-,5?,6-,7?,8?,10+/m1/s1. The van der Waals surface area contributed by atoms with E-state index in [1.54, 1.807) is 0 Å². The molecule has 0 aromatic carbocycles. The van der Waals surface area contributed by atoms with Crippen molar-refractivity contribution in [2.45, 2.75) is 42.7 Å². The average Bonchev–Trinajstić information content (AvgIpc) is 2.38. The monoisotopic (exact) mass is 345 g/mol. The van der Waals surface area contributed by atoms with E-state index in [0.717, 1.165) is 6.26 Å². The first kappa shape index (κ1) is 19.2. The first-order valence-corrected chi connectivity index (χ1v) is 8.06. The third-order valence-corrected chi connectivity index (χ3v) is 3.89. The molecule has 0 aliphatic carbocycles. The van der Waals surface area contributed by atoms with Crippen LogP contribution in [0.4, 0.5) is 0 Å². The van der Waals surface area contributed by atoms with E-state index in [0.29, 0.717) is 0 Å². The SMILES string of the molecule is CS(=O)(=O)N[C@H]1C(C(O)C(O)CO)O[C@](O)(C(=O)O)C[C@H]1O. The maximum absolute atomic E-state index is 11.3. The van der Waals surface area contributed by atoms with Crippen LogP contribution in [0.15, 0.2) is 0 Å². The number of aliphatic hydroxyl groups excluding tert-OH is 4. The number of hydrogen-bond donors (Lipinski definition) is 7. The Labute approximate surface area is 125 Å². The molecule has 3 unspecified atom stereocenters. The van der Waals surface area contributed by atoms with Gasteiger partial charge in [0, 0.05) is 6.42 Å². The molecule has 0 aromatic heterocycles. The zero-order valence-corrected chi connectivity index (χ0v) is 12.3. The maximum atomic E-state index is 11.3. The van der Waals surface area contributed by atoms with Crippen molar-refractivity contribution in [2.75, 3.05) is 12.9 Å².